The monoisotopic (exact) mass is 497 g/mol. The topological polar surface area (TPSA) is 98.8 Å². The number of nitrogens with zero attached hydrogens (tertiary/aromatic N) is 1. The van der Waals surface area contributed by atoms with Crippen LogP contribution in [0.15, 0.2) is 79.0 Å². The molecule has 5 rings (SSSR count). The van der Waals surface area contributed by atoms with Crippen LogP contribution in [0.5, 0.6) is 23.0 Å². The Morgan fingerprint density at radius 3 is 2.00 bits per heavy atom. The summed E-state index contributed by atoms with van der Waals surface area (Å²) in [5.74, 6) is 1.77. The van der Waals surface area contributed by atoms with Gasteiger partial charge in [-0.1, -0.05) is 24.6 Å². The fraction of sp³-hybridized carbons (Fsp3) is 0.207. The van der Waals surface area contributed by atoms with Gasteiger partial charge in [-0.3, -0.25) is 14.6 Å². The van der Waals surface area contributed by atoms with Gasteiger partial charge in [0.2, 0.25) is 11.8 Å². The van der Waals surface area contributed by atoms with E-state index in [2.05, 4.69) is 15.6 Å². The highest BCUT2D eigenvalue weighted by Gasteiger charge is 2.50. The van der Waals surface area contributed by atoms with E-state index in [0.717, 1.165) is 11.8 Å². The smallest absolute Gasteiger partial charge is 0.240 e. The number of hydrogen-bond donors (Lipinski definition) is 2. The second-order valence-electron chi connectivity index (χ2n) is 8.87. The van der Waals surface area contributed by atoms with Crippen molar-refractivity contribution in [3.63, 3.8) is 0 Å². The molecule has 0 aliphatic heterocycles. The first-order valence-electron chi connectivity index (χ1n) is 12.0. The first-order valence-corrected chi connectivity index (χ1v) is 12.0. The highest BCUT2D eigenvalue weighted by atomic mass is 16.5. The number of amides is 2. The van der Waals surface area contributed by atoms with Gasteiger partial charge in [0.05, 0.1) is 19.7 Å². The van der Waals surface area contributed by atoms with E-state index < -0.39 is 5.41 Å². The SMILES string of the molecule is COc1cc2nccc(Oc3ccc(NC(=O)C4(C(=O)Nc5ccccc5)CCC4)cc3)c2cc1OC. The summed E-state index contributed by atoms with van der Waals surface area (Å²) in [6.45, 7) is 0. The molecule has 0 atom stereocenters. The minimum atomic E-state index is -1.07. The largest absolute Gasteiger partial charge is 0.493 e. The van der Waals surface area contributed by atoms with Crippen LogP contribution in [0.25, 0.3) is 10.9 Å². The molecule has 1 fully saturated rings. The van der Waals surface area contributed by atoms with E-state index in [-0.39, 0.29) is 11.8 Å². The quantitative estimate of drug-likeness (QED) is 0.299. The van der Waals surface area contributed by atoms with Crippen molar-refractivity contribution in [2.45, 2.75) is 19.3 Å². The summed E-state index contributed by atoms with van der Waals surface area (Å²) < 4.78 is 16.9. The van der Waals surface area contributed by atoms with Gasteiger partial charge in [-0.05, 0) is 61.4 Å². The first-order chi connectivity index (χ1) is 18.0. The Kier molecular flexibility index (Phi) is 6.64. The van der Waals surface area contributed by atoms with Gasteiger partial charge in [0.25, 0.3) is 0 Å². The number of para-hydroxylation sites is 1. The van der Waals surface area contributed by atoms with Crippen LogP contribution in [0.2, 0.25) is 0 Å². The summed E-state index contributed by atoms with van der Waals surface area (Å²) in [6.07, 6.45) is 3.53. The predicted octanol–water partition coefficient (Wildman–Crippen LogP) is 5.79. The molecule has 0 radical (unpaired) electrons. The normalized spacial score (nSPS) is 13.8. The number of methoxy groups -OCH3 is 2. The zero-order valence-corrected chi connectivity index (χ0v) is 20.6. The number of carbonyl (C=O) groups excluding carboxylic acids is 2. The summed E-state index contributed by atoms with van der Waals surface area (Å²) in [7, 11) is 3.15. The zero-order valence-electron chi connectivity index (χ0n) is 20.6. The molecule has 8 heteroatoms. The molecule has 188 valence electrons. The van der Waals surface area contributed by atoms with Gasteiger partial charge in [0.1, 0.15) is 16.9 Å². The van der Waals surface area contributed by atoms with Crippen LogP contribution in [0.1, 0.15) is 19.3 Å². The van der Waals surface area contributed by atoms with Gasteiger partial charge < -0.3 is 24.8 Å². The van der Waals surface area contributed by atoms with Gasteiger partial charge in [0.15, 0.2) is 11.5 Å². The van der Waals surface area contributed by atoms with E-state index in [1.165, 1.54) is 0 Å². The van der Waals surface area contributed by atoms with Crippen molar-refractivity contribution in [2.24, 2.45) is 5.41 Å². The molecule has 0 saturated heterocycles. The van der Waals surface area contributed by atoms with E-state index in [1.54, 1.807) is 68.9 Å². The average Bonchev–Trinajstić information content (AvgIpc) is 2.89. The van der Waals surface area contributed by atoms with Crippen LogP contribution in [-0.4, -0.2) is 31.0 Å². The van der Waals surface area contributed by atoms with Gasteiger partial charge >= 0.3 is 0 Å². The number of aromatic nitrogens is 1. The van der Waals surface area contributed by atoms with E-state index in [0.29, 0.717) is 52.7 Å². The Bertz CT molecular complexity index is 1430. The molecule has 8 nitrogen and oxygen atoms in total. The number of nitrogens with one attached hydrogen (secondary N) is 2. The molecule has 37 heavy (non-hydrogen) atoms. The van der Waals surface area contributed by atoms with Gasteiger partial charge in [-0.2, -0.15) is 0 Å². The molecule has 0 spiro atoms. The van der Waals surface area contributed by atoms with Crippen molar-refractivity contribution in [3.05, 3.63) is 79.0 Å². The average molecular weight is 498 g/mol. The van der Waals surface area contributed by atoms with Crippen molar-refractivity contribution < 1.29 is 23.8 Å². The number of ether oxygens (including phenoxy) is 3. The van der Waals surface area contributed by atoms with Crippen LogP contribution in [0, 0.1) is 5.41 Å². The lowest BCUT2D eigenvalue weighted by Gasteiger charge is -2.38. The first kappa shape index (κ1) is 24.1. The third kappa shape index (κ3) is 4.78. The number of fused-ring (bicyclic) bond motifs is 1. The Hall–Kier alpha value is -4.59. The maximum atomic E-state index is 13.2. The van der Waals surface area contributed by atoms with Crippen LogP contribution >= 0.6 is 0 Å². The lowest BCUT2D eigenvalue weighted by atomic mass is 9.67. The molecule has 1 heterocycles. The third-order valence-electron chi connectivity index (χ3n) is 6.65. The number of carbonyl (C=O) groups is 2. The molecule has 1 aliphatic carbocycles. The van der Waals surface area contributed by atoms with Crippen molar-refractivity contribution in [1.29, 1.82) is 0 Å². The van der Waals surface area contributed by atoms with E-state index >= 15 is 0 Å². The maximum absolute atomic E-state index is 13.2. The molecule has 1 aromatic heterocycles. The van der Waals surface area contributed by atoms with Gasteiger partial charge in [0, 0.05) is 29.0 Å². The molecule has 2 N–H and O–H groups in total. The lowest BCUT2D eigenvalue weighted by molar-refractivity contribution is -0.142. The molecule has 2 amide bonds. The maximum Gasteiger partial charge on any atom is 0.240 e. The second kappa shape index (κ2) is 10.2. The molecular weight excluding hydrogens is 470 g/mol. The molecule has 1 saturated carbocycles. The Labute approximate surface area is 214 Å². The molecule has 3 aromatic carbocycles. The number of rotatable bonds is 8. The highest BCUT2D eigenvalue weighted by Crippen LogP contribution is 2.43. The fourth-order valence-electron chi connectivity index (χ4n) is 4.38. The summed E-state index contributed by atoms with van der Waals surface area (Å²) in [6, 6.07) is 21.6. The third-order valence-corrected chi connectivity index (χ3v) is 6.65. The van der Waals surface area contributed by atoms with E-state index in [1.807, 2.05) is 24.3 Å². The lowest BCUT2D eigenvalue weighted by Crippen LogP contribution is -2.50. The number of hydrogen-bond acceptors (Lipinski definition) is 6. The van der Waals surface area contributed by atoms with Gasteiger partial charge in [-0.15, -0.1) is 0 Å². The van der Waals surface area contributed by atoms with Gasteiger partial charge in [-0.25, -0.2) is 0 Å². The summed E-state index contributed by atoms with van der Waals surface area (Å²) in [5, 5.41) is 6.55. The minimum absolute atomic E-state index is 0.279. The van der Waals surface area contributed by atoms with E-state index in [9.17, 15) is 9.59 Å². The van der Waals surface area contributed by atoms with Crippen molar-refractivity contribution in [2.75, 3.05) is 24.9 Å². The van der Waals surface area contributed by atoms with Crippen molar-refractivity contribution >= 4 is 34.1 Å². The summed E-state index contributed by atoms with van der Waals surface area (Å²) in [4.78, 5) is 30.5. The number of benzene rings is 3. The number of anilines is 2. The molecule has 0 bridgehead atoms. The molecular formula is C29H27N3O5. The van der Waals surface area contributed by atoms with E-state index in [4.69, 9.17) is 14.2 Å². The Balaban J connectivity index is 1.29. The zero-order chi connectivity index (χ0) is 25.8. The minimum Gasteiger partial charge on any atom is -0.493 e. The predicted molar refractivity (Wildman–Crippen MR) is 141 cm³/mol. The highest BCUT2D eigenvalue weighted by molar-refractivity contribution is 6.15. The molecule has 1 aliphatic rings. The standard InChI is InChI=1S/C29H27N3O5/c1-35-25-17-22-23(18-26(25)36-2)30-16-13-24(22)37-21-11-9-20(10-12-21)32-28(34)29(14-6-15-29)27(33)31-19-7-4-3-5-8-19/h3-5,7-13,16-18H,6,14-15H2,1-2H3,(H,31,33)(H,32,34). The summed E-state index contributed by atoms with van der Waals surface area (Å²) in [5.41, 5.74) is 0.898. The molecule has 0 unspecified atom stereocenters. The summed E-state index contributed by atoms with van der Waals surface area (Å²) >= 11 is 0. The van der Waals surface area contributed by atoms with Crippen LogP contribution in [0.4, 0.5) is 11.4 Å². The van der Waals surface area contributed by atoms with Crippen molar-refractivity contribution in [1.82, 2.24) is 4.98 Å². The molecule has 4 aromatic rings. The van der Waals surface area contributed by atoms with Crippen LogP contribution < -0.4 is 24.8 Å². The van der Waals surface area contributed by atoms with Crippen LogP contribution in [0.3, 0.4) is 0 Å². The van der Waals surface area contributed by atoms with Crippen molar-refractivity contribution in [3.8, 4) is 23.0 Å². The second-order valence-corrected chi connectivity index (χ2v) is 8.87. The Morgan fingerprint density at radius 1 is 0.784 bits per heavy atom. The fourth-order valence-corrected chi connectivity index (χ4v) is 4.38. The Morgan fingerprint density at radius 2 is 1.41 bits per heavy atom. The number of pyridine rings is 1. The van der Waals surface area contributed by atoms with Crippen LogP contribution in [-0.2, 0) is 9.59 Å².